The van der Waals surface area contributed by atoms with E-state index < -0.39 is 15.9 Å². The van der Waals surface area contributed by atoms with Crippen molar-refractivity contribution >= 4 is 21.8 Å². The maximum atomic E-state index is 13.1. The third-order valence-corrected chi connectivity index (χ3v) is 5.97. The Balaban J connectivity index is 1.75. The topological polar surface area (TPSA) is 75.7 Å². The first kappa shape index (κ1) is 23.3. The van der Waals surface area contributed by atoms with Crippen LogP contribution in [0.1, 0.15) is 25.0 Å². The lowest BCUT2D eigenvalue weighted by atomic mass is 10.2. The number of nitrogens with one attached hydrogen (secondary N) is 1. The number of urea groups is 1. The summed E-state index contributed by atoms with van der Waals surface area (Å²) in [5.74, 6) is -0.432. The molecule has 0 atom stereocenters. The summed E-state index contributed by atoms with van der Waals surface area (Å²) in [4.78, 5) is 14.3. The molecule has 2 amide bonds. The van der Waals surface area contributed by atoms with Gasteiger partial charge >= 0.3 is 16.1 Å². The van der Waals surface area contributed by atoms with E-state index in [0.29, 0.717) is 11.3 Å². The quantitative estimate of drug-likeness (QED) is 0.487. The summed E-state index contributed by atoms with van der Waals surface area (Å²) < 4.78 is 43.2. The Hall–Kier alpha value is -3.39. The van der Waals surface area contributed by atoms with Gasteiger partial charge in [0.25, 0.3) is 0 Å². The zero-order valence-electron chi connectivity index (χ0n) is 18.1. The van der Waals surface area contributed by atoms with E-state index in [9.17, 15) is 17.6 Å². The largest absolute Gasteiger partial charge is 0.379 e. The van der Waals surface area contributed by atoms with Crippen molar-refractivity contribution in [1.82, 2.24) is 4.90 Å². The van der Waals surface area contributed by atoms with E-state index in [1.165, 1.54) is 6.07 Å². The third kappa shape index (κ3) is 6.07. The average Bonchev–Trinajstić information content (AvgIpc) is 2.72. The smallest absolute Gasteiger partial charge is 0.339 e. The van der Waals surface area contributed by atoms with Crippen LogP contribution in [0.5, 0.6) is 5.75 Å². The second kappa shape index (κ2) is 9.82. The molecule has 0 aliphatic carbocycles. The molecule has 168 valence electrons. The molecule has 0 aliphatic rings. The van der Waals surface area contributed by atoms with Gasteiger partial charge in [-0.3, -0.25) is 0 Å². The number of nitrogens with zero attached hydrogens (tertiary/aromatic N) is 1. The summed E-state index contributed by atoms with van der Waals surface area (Å²) >= 11 is 0. The minimum atomic E-state index is -4.11. The molecule has 6 nitrogen and oxygen atoms in total. The van der Waals surface area contributed by atoms with E-state index in [0.717, 1.165) is 29.8 Å². The number of carbonyl (C=O) groups excluding carboxylic acids is 1. The highest BCUT2D eigenvalue weighted by Crippen LogP contribution is 2.22. The molecule has 3 aromatic carbocycles. The Morgan fingerprint density at radius 2 is 1.72 bits per heavy atom. The second-order valence-corrected chi connectivity index (χ2v) is 9.21. The first-order valence-electron chi connectivity index (χ1n) is 10.1. The number of halogens is 1. The first-order valence-corrected chi connectivity index (χ1v) is 11.5. The van der Waals surface area contributed by atoms with Crippen molar-refractivity contribution in [3.05, 3.63) is 89.7 Å². The Morgan fingerprint density at radius 3 is 2.38 bits per heavy atom. The van der Waals surface area contributed by atoms with Crippen LogP contribution in [0.2, 0.25) is 0 Å². The second-order valence-electron chi connectivity index (χ2n) is 7.66. The molecule has 0 unspecified atom stereocenters. The molecule has 0 fully saturated rings. The van der Waals surface area contributed by atoms with Crippen LogP contribution in [0.15, 0.2) is 77.7 Å². The van der Waals surface area contributed by atoms with Crippen molar-refractivity contribution < 1.29 is 21.8 Å². The number of hydrogen-bond acceptors (Lipinski definition) is 4. The molecule has 3 rings (SSSR count). The van der Waals surface area contributed by atoms with Crippen molar-refractivity contribution in [2.75, 3.05) is 5.32 Å². The van der Waals surface area contributed by atoms with Crippen LogP contribution in [0, 0.1) is 12.7 Å². The van der Waals surface area contributed by atoms with Crippen molar-refractivity contribution in [1.29, 1.82) is 0 Å². The van der Waals surface area contributed by atoms with Crippen LogP contribution in [-0.2, 0) is 16.7 Å². The molecule has 1 N–H and O–H groups in total. The van der Waals surface area contributed by atoms with Crippen LogP contribution in [0.25, 0.3) is 0 Å². The summed E-state index contributed by atoms with van der Waals surface area (Å²) in [7, 11) is -4.11. The highest BCUT2D eigenvalue weighted by molar-refractivity contribution is 7.87. The number of anilines is 1. The molecule has 0 aromatic heterocycles. The molecule has 0 spiro atoms. The van der Waals surface area contributed by atoms with E-state index in [1.807, 2.05) is 45.0 Å². The summed E-state index contributed by atoms with van der Waals surface area (Å²) in [6.07, 6.45) is 0. The molecule has 0 aliphatic heterocycles. The maximum absolute atomic E-state index is 13.1. The van der Waals surface area contributed by atoms with Crippen molar-refractivity contribution in [2.45, 2.75) is 38.3 Å². The molecule has 0 saturated heterocycles. The van der Waals surface area contributed by atoms with E-state index in [2.05, 4.69) is 5.32 Å². The average molecular weight is 457 g/mol. The molecule has 3 aromatic rings. The Kier molecular flexibility index (Phi) is 7.15. The fourth-order valence-electron chi connectivity index (χ4n) is 3.08. The lowest BCUT2D eigenvalue weighted by Crippen LogP contribution is -2.39. The van der Waals surface area contributed by atoms with Crippen LogP contribution < -0.4 is 9.50 Å². The van der Waals surface area contributed by atoms with Gasteiger partial charge in [0.05, 0.1) is 0 Å². The van der Waals surface area contributed by atoms with Gasteiger partial charge in [0.1, 0.15) is 16.5 Å². The van der Waals surface area contributed by atoms with E-state index in [1.54, 1.807) is 23.1 Å². The molecule has 8 heteroatoms. The number of carbonyl (C=O) groups is 1. The minimum absolute atomic E-state index is 0.104. The number of rotatable bonds is 7. The van der Waals surface area contributed by atoms with Gasteiger partial charge in [0.15, 0.2) is 0 Å². The van der Waals surface area contributed by atoms with Crippen LogP contribution in [-0.4, -0.2) is 25.4 Å². The molecule has 0 bridgehead atoms. The summed E-state index contributed by atoms with van der Waals surface area (Å²) in [6, 6.07) is 18.1. The number of amides is 2. The molecule has 0 saturated carbocycles. The van der Waals surface area contributed by atoms with Crippen molar-refractivity contribution in [3.8, 4) is 5.75 Å². The number of hydrogen-bond donors (Lipinski definition) is 1. The predicted octanol–water partition coefficient (Wildman–Crippen LogP) is 5.34. The summed E-state index contributed by atoms with van der Waals surface area (Å²) in [5, 5.41) is 2.89. The summed E-state index contributed by atoms with van der Waals surface area (Å²) in [5.41, 5.74) is 2.43. The van der Waals surface area contributed by atoms with Crippen LogP contribution >= 0.6 is 0 Å². The molecule has 0 radical (unpaired) electrons. The normalized spacial score (nSPS) is 11.3. The van der Waals surface area contributed by atoms with Crippen LogP contribution in [0.3, 0.4) is 0 Å². The lowest BCUT2D eigenvalue weighted by Gasteiger charge is -2.27. The summed E-state index contributed by atoms with van der Waals surface area (Å²) in [6.45, 7) is 5.99. The molecule has 0 heterocycles. The Labute approximate surface area is 187 Å². The highest BCUT2D eigenvalue weighted by Gasteiger charge is 2.20. The maximum Gasteiger partial charge on any atom is 0.339 e. The highest BCUT2D eigenvalue weighted by atomic mass is 32.2. The van der Waals surface area contributed by atoms with Crippen molar-refractivity contribution in [3.63, 3.8) is 0 Å². The molecular formula is C24H25FN2O4S. The van der Waals surface area contributed by atoms with Gasteiger partial charge in [0, 0.05) is 18.3 Å². The van der Waals surface area contributed by atoms with Gasteiger partial charge in [-0.15, -0.1) is 0 Å². The fourth-order valence-corrected chi connectivity index (χ4v) is 4.00. The molecular weight excluding hydrogens is 431 g/mol. The zero-order valence-corrected chi connectivity index (χ0v) is 18.9. The van der Waals surface area contributed by atoms with Gasteiger partial charge in [-0.25, -0.2) is 9.18 Å². The SMILES string of the molecule is Cc1cccc(NC(=O)N(Cc2cccc(OS(=O)(=O)c3ccc(F)cc3)c2)C(C)C)c1. The fraction of sp³-hybridized carbons (Fsp3) is 0.208. The minimum Gasteiger partial charge on any atom is -0.379 e. The standard InChI is InChI=1S/C24H25FN2O4S/c1-17(2)27(24(28)26-21-8-4-6-18(3)14-21)16-19-7-5-9-22(15-19)31-32(29,30)23-12-10-20(25)11-13-23/h4-15,17H,16H2,1-3H3,(H,26,28). The van der Waals surface area contributed by atoms with Gasteiger partial charge in [-0.1, -0.05) is 24.3 Å². The lowest BCUT2D eigenvalue weighted by molar-refractivity contribution is 0.193. The molecule has 32 heavy (non-hydrogen) atoms. The Morgan fingerprint density at radius 1 is 1.03 bits per heavy atom. The Bertz CT molecular complexity index is 1190. The third-order valence-electron chi connectivity index (χ3n) is 4.71. The van der Waals surface area contributed by atoms with Crippen LogP contribution in [0.4, 0.5) is 14.9 Å². The van der Waals surface area contributed by atoms with Crippen molar-refractivity contribution in [2.24, 2.45) is 0 Å². The van der Waals surface area contributed by atoms with Gasteiger partial charge in [-0.05, 0) is 80.4 Å². The van der Waals surface area contributed by atoms with E-state index in [-0.39, 0.29) is 29.3 Å². The van der Waals surface area contributed by atoms with E-state index >= 15 is 0 Å². The number of aryl methyl sites for hydroxylation is 1. The predicted molar refractivity (Wildman–Crippen MR) is 122 cm³/mol. The monoisotopic (exact) mass is 456 g/mol. The van der Waals surface area contributed by atoms with Gasteiger partial charge in [-0.2, -0.15) is 8.42 Å². The van der Waals surface area contributed by atoms with Gasteiger partial charge < -0.3 is 14.4 Å². The van der Waals surface area contributed by atoms with E-state index in [4.69, 9.17) is 4.18 Å². The van der Waals surface area contributed by atoms with Gasteiger partial charge in [0.2, 0.25) is 0 Å². The number of benzene rings is 3. The first-order chi connectivity index (χ1) is 15.1. The zero-order chi connectivity index (χ0) is 23.3.